The minimum Gasteiger partial charge on any atom is -0.0821 e. The van der Waals surface area contributed by atoms with Crippen LogP contribution in [0.4, 0.5) is 0 Å². The van der Waals surface area contributed by atoms with Gasteiger partial charge in [-0.25, -0.2) is 0 Å². The first-order valence-corrected chi connectivity index (χ1v) is 12.7. The molecule has 0 N–H and O–H groups in total. The average Bonchev–Trinajstić information content (AvgIpc) is 3.19. The van der Waals surface area contributed by atoms with Crippen LogP contribution in [0.15, 0.2) is 0 Å². The molecule has 0 bridgehead atoms. The normalized spacial score (nSPS) is 20.2. The number of hydrogen-bond acceptors (Lipinski definition) is 0. The highest BCUT2D eigenvalue weighted by Gasteiger charge is 2.32. The van der Waals surface area contributed by atoms with Gasteiger partial charge in [0.15, 0.2) is 0 Å². The third-order valence-corrected chi connectivity index (χ3v) is 11.1. The molecule has 2 fully saturated rings. The van der Waals surface area contributed by atoms with E-state index in [0.29, 0.717) is 41.9 Å². The summed E-state index contributed by atoms with van der Waals surface area (Å²) in [5.74, 6) is 7.01. The standard InChI is InChI=1S/C16H20Cl4S2/c17-13-11(9-21-5-1-2-6-21)14(18)16(20)12(15(13)19)10-22-7-3-4-8-22/h1-10H2/q+2. The summed E-state index contributed by atoms with van der Waals surface area (Å²) in [5, 5.41) is 2.59. The van der Waals surface area contributed by atoms with Gasteiger partial charge in [-0.15, -0.1) is 0 Å². The lowest BCUT2D eigenvalue weighted by Crippen LogP contribution is -2.11. The van der Waals surface area contributed by atoms with Crippen molar-refractivity contribution in [3.05, 3.63) is 31.2 Å². The molecule has 0 aliphatic carbocycles. The molecule has 0 amide bonds. The van der Waals surface area contributed by atoms with E-state index in [4.69, 9.17) is 46.4 Å². The maximum absolute atomic E-state index is 6.57. The van der Waals surface area contributed by atoms with Crippen molar-refractivity contribution in [3.63, 3.8) is 0 Å². The van der Waals surface area contributed by atoms with Crippen LogP contribution in [0.2, 0.25) is 20.1 Å². The van der Waals surface area contributed by atoms with Crippen molar-refractivity contribution in [1.82, 2.24) is 0 Å². The van der Waals surface area contributed by atoms with Crippen LogP contribution >= 0.6 is 46.4 Å². The third kappa shape index (κ3) is 3.83. The fourth-order valence-corrected chi connectivity index (χ4v) is 9.45. The Hall–Kier alpha value is 1.08. The SMILES string of the molecule is Clc1c(Cl)c(C[S+]2CCCC2)c(Cl)c(Cl)c1C[S+]1CCCC1. The van der Waals surface area contributed by atoms with Gasteiger partial charge in [0, 0.05) is 11.1 Å². The van der Waals surface area contributed by atoms with Gasteiger partial charge in [0.2, 0.25) is 0 Å². The lowest BCUT2D eigenvalue weighted by Gasteiger charge is -2.14. The van der Waals surface area contributed by atoms with Crippen molar-refractivity contribution < 1.29 is 0 Å². The molecule has 2 aliphatic rings. The Bertz CT molecular complexity index is 472. The second-order valence-corrected chi connectivity index (χ2v) is 12.1. The number of hydrogen-bond donors (Lipinski definition) is 0. The van der Waals surface area contributed by atoms with E-state index in [0.717, 1.165) is 22.6 Å². The maximum Gasteiger partial charge on any atom is 0.136 e. The zero-order valence-electron chi connectivity index (χ0n) is 12.4. The van der Waals surface area contributed by atoms with Crippen molar-refractivity contribution in [2.45, 2.75) is 37.2 Å². The molecule has 0 aromatic heterocycles. The minimum absolute atomic E-state index is 0.390. The first-order valence-electron chi connectivity index (χ1n) is 7.70. The molecule has 1 aromatic carbocycles. The predicted molar refractivity (Wildman–Crippen MR) is 107 cm³/mol. The summed E-state index contributed by atoms with van der Waals surface area (Å²) in [4.78, 5) is 0. The molecule has 0 unspecified atom stereocenters. The van der Waals surface area contributed by atoms with Crippen molar-refractivity contribution in [2.24, 2.45) is 0 Å². The summed E-state index contributed by atoms with van der Waals surface area (Å²) in [6.45, 7) is 0. The summed E-state index contributed by atoms with van der Waals surface area (Å²) in [6.07, 6.45) is 5.28. The Balaban J connectivity index is 1.88. The zero-order chi connectivity index (χ0) is 15.7. The van der Waals surface area contributed by atoms with Gasteiger partial charge in [0.25, 0.3) is 0 Å². The van der Waals surface area contributed by atoms with E-state index in [1.165, 1.54) is 48.7 Å². The fourth-order valence-electron chi connectivity index (χ4n) is 3.10. The van der Waals surface area contributed by atoms with Gasteiger partial charge < -0.3 is 0 Å². The van der Waals surface area contributed by atoms with Gasteiger partial charge in [0.05, 0.1) is 20.1 Å². The van der Waals surface area contributed by atoms with Crippen molar-refractivity contribution in [3.8, 4) is 0 Å². The van der Waals surface area contributed by atoms with Crippen molar-refractivity contribution in [1.29, 1.82) is 0 Å². The van der Waals surface area contributed by atoms with E-state index >= 15 is 0 Å². The Morgan fingerprint density at radius 2 is 0.818 bits per heavy atom. The van der Waals surface area contributed by atoms with E-state index in [2.05, 4.69) is 0 Å². The molecule has 0 nitrogen and oxygen atoms in total. The summed E-state index contributed by atoms with van der Waals surface area (Å²) < 4.78 is 0. The quantitative estimate of drug-likeness (QED) is 0.408. The van der Waals surface area contributed by atoms with Crippen LogP contribution < -0.4 is 0 Å². The van der Waals surface area contributed by atoms with Crippen LogP contribution in [0.5, 0.6) is 0 Å². The van der Waals surface area contributed by atoms with Gasteiger partial charge in [-0.2, -0.15) is 0 Å². The van der Waals surface area contributed by atoms with Gasteiger partial charge in [-0.3, -0.25) is 0 Å². The predicted octanol–water partition coefficient (Wildman–Crippen LogP) is 6.12. The molecule has 3 rings (SSSR count). The second kappa shape index (κ2) is 7.97. The van der Waals surface area contributed by atoms with Gasteiger partial charge in [-0.1, -0.05) is 46.4 Å². The largest absolute Gasteiger partial charge is 0.136 e. The topological polar surface area (TPSA) is 0 Å². The second-order valence-electron chi connectivity index (χ2n) is 5.96. The van der Waals surface area contributed by atoms with Crippen LogP contribution in [0, 0.1) is 0 Å². The molecule has 0 atom stereocenters. The molecule has 0 radical (unpaired) electrons. The molecule has 2 saturated heterocycles. The third-order valence-electron chi connectivity index (χ3n) is 4.37. The van der Waals surface area contributed by atoms with E-state index in [1.54, 1.807) is 0 Å². The Labute approximate surface area is 158 Å². The summed E-state index contributed by atoms with van der Waals surface area (Å²) in [6, 6.07) is 0. The Morgan fingerprint density at radius 1 is 0.545 bits per heavy atom. The zero-order valence-corrected chi connectivity index (χ0v) is 17.1. The maximum atomic E-state index is 6.57. The average molecular weight is 418 g/mol. The number of halogens is 4. The molecule has 1 aromatic rings. The molecule has 0 spiro atoms. The van der Waals surface area contributed by atoms with Crippen LogP contribution in [0.3, 0.4) is 0 Å². The van der Waals surface area contributed by atoms with E-state index in [9.17, 15) is 0 Å². The van der Waals surface area contributed by atoms with Crippen LogP contribution in [-0.2, 0) is 33.3 Å². The highest BCUT2D eigenvalue weighted by Crippen LogP contribution is 2.43. The minimum atomic E-state index is 0.390. The lowest BCUT2D eigenvalue weighted by molar-refractivity contribution is 0.949. The molecule has 122 valence electrons. The Kier molecular flexibility index (Phi) is 6.48. The fraction of sp³-hybridized carbons (Fsp3) is 0.625. The van der Waals surface area contributed by atoms with Crippen LogP contribution in [-0.4, -0.2) is 23.0 Å². The summed E-state index contributed by atoms with van der Waals surface area (Å²) in [7, 11) is 0.779. The molecular formula is C16H20Cl4S2+2. The molecule has 2 heterocycles. The lowest BCUT2D eigenvalue weighted by atomic mass is 10.1. The van der Waals surface area contributed by atoms with E-state index in [-0.39, 0.29) is 0 Å². The van der Waals surface area contributed by atoms with Gasteiger partial charge in [0.1, 0.15) is 34.5 Å². The van der Waals surface area contributed by atoms with Crippen LogP contribution in [0.1, 0.15) is 36.8 Å². The molecule has 6 heteroatoms. The summed E-state index contributed by atoms with van der Waals surface area (Å²) in [5.41, 5.74) is 1.95. The molecule has 0 saturated carbocycles. The van der Waals surface area contributed by atoms with E-state index in [1.807, 2.05) is 0 Å². The molecule has 22 heavy (non-hydrogen) atoms. The highest BCUT2D eigenvalue weighted by molar-refractivity contribution is 7.96. The summed E-state index contributed by atoms with van der Waals surface area (Å²) >= 11 is 26.3. The number of benzene rings is 1. The number of rotatable bonds is 4. The first kappa shape index (κ1) is 17.9. The van der Waals surface area contributed by atoms with Crippen LogP contribution in [0.25, 0.3) is 0 Å². The molecule has 2 aliphatic heterocycles. The van der Waals surface area contributed by atoms with Crippen molar-refractivity contribution >= 4 is 68.2 Å². The van der Waals surface area contributed by atoms with E-state index < -0.39 is 0 Å². The first-order chi connectivity index (χ1) is 10.6. The molecular weight excluding hydrogens is 398 g/mol. The Morgan fingerprint density at radius 3 is 1.09 bits per heavy atom. The van der Waals surface area contributed by atoms with Gasteiger partial charge in [-0.05, 0) is 47.5 Å². The van der Waals surface area contributed by atoms with Gasteiger partial charge >= 0.3 is 0 Å². The monoisotopic (exact) mass is 416 g/mol. The highest BCUT2D eigenvalue weighted by atomic mass is 35.5. The smallest absolute Gasteiger partial charge is 0.0821 e. The van der Waals surface area contributed by atoms with Crippen molar-refractivity contribution in [2.75, 3.05) is 23.0 Å².